The van der Waals surface area contributed by atoms with Crippen molar-refractivity contribution in [1.29, 1.82) is 0 Å². The van der Waals surface area contributed by atoms with Gasteiger partial charge in [0.2, 0.25) is 0 Å². The molecule has 12 nitrogen and oxygen atoms in total. The number of carbonyl (C=O) groups excluding carboxylic acids is 1. The van der Waals surface area contributed by atoms with Gasteiger partial charge in [0.1, 0.15) is 23.9 Å². The summed E-state index contributed by atoms with van der Waals surface area (Å²) in [6, 6.07) is -0.780. The number of hydrogen-bond acceptors (Lipinski definition) is 12. The fourth-order valence-corrected chi connectivity index (χ4v) is 7.19. The molecule has 2 rings (SSSR count). The normalized spacial score (nSPS) is 45.9. The van der Waals surface area contributed by atoms with Crippen molar-refractivity contribution in [2.75, 3.05) is 33.7 Å². The van der Waals surface area contributed by atoms with Crippen LogP contribution in [-0.2, 0) is 19.0 Å². The zero-order valence-corrected chi connectivity index (χ0v) is 28.7. The summed E-state index contributed by atoms with van der Waals surface area (Å²) in [6.07, 6.45) is -5.26. The Balaban J connectivity index is 2.58. The molecular formula is C32H63N3O9. The standard InChI is InChI=1S/C32H63N3O9/c1-11-24-32(8,41)27(38)22(6)35(14-12-13-33)17-18(2)16-31(7,40)28(20(4)25(36)21(5)29(39)43-24)44-30-26(37)23(34(9)10)15-19(3)42-30/h18-28,30,36-38,40-41H,11-17,33H2,1-10H3/t18-,19?,20?,21?,22+,23-,24-,25?,26?,27?,28-,30-,31-,32?/m0/s1. The summed E-state index contributed by atoms with van der Waals surface area (Å²) in [7, 11) is 3.75. The molecule has 2 aliphatic heterocycles. The molecule has 14 atom stereocenters. The molecule has 7 unspecified atom stereocenters. The van der Waals surface area contributed by atoms with Gasteiger partial charge in [-0.1, -0.05) is 20.8 Å². The maximum atomic E-state index is 13.4. The fourth-order valence-electron chi connectivity index (χ4n) is 7.19. The highest BCUT2D eigenvalue weighted by Crippen LogP contribution is 2.36. The Morgan fingerprint density at radius 2 is 1.68 bits per heavy atom. The Kier molecular flexibility index (Phi) is 14.5. The number of likely N-dealkylation sites (N-methyl/N-ethyl adjacent to an activating group) is 1. The van der Waals surface area contributed by atoms with Gasteiger partial charge in [0.05, 0.1) is 29.8 Å². The maximum Gasteiger partial charge on any atom is 0.311 e. The molecule has 0 aromatic carbocycles. The minimum absolute atomic E-state index is 0.133. The topological polar surface area (TPSA) is 178 Å². The Hall–Kier alpha value is -0.930. The van der Waals surface area contributed by atoms with Crippen LogP contribution in [0.25, 0.3) is 0 Å². The molecule has 0 aliphatic carbocycles. The summed E-state index contributed by atoms with van der Waals surface area (Å²) in [6.45, 7) is 15.2. The second-order valence-corrected chi connectivity index (χ2v) is 14.3. The fraction of sp³-hybridized carbons (Fsp3) is 0.969. The van der Waals surface area contributed by atoms with Crippen molar-refractivity contribution < 1.29 is 44.5 Å². The lowest BCUT2D eigenvalue weighted by Gasteiger charge is -2.46. The number of aliphatic hydroxyl groups is 5. The van der Waals surface area contributed by atoms with Gasteiger partial charge in [-0.25, -0.2) is 0 Å². The third-order valence-electron chi connectivity index (χ3n) is 9.94. The third kappa shape index (κ3) is 9.33. The van der Waals surface area contributed by atoms with Crippen molar-refractivity contribution in [1.82, 2.24) is 9.80 Å². The maximum absolute atomic E-state index is 13.4. The van der Waals surface area contributed by atoms with Crippen LogP contribution in [0.15, 0.2) is 0 Å². The minimum atomic E-state index is -1.78. The average Bonchev–Trinajstić information content (AvgIpc) is 2.94. The predicted octanol–water partition coefficient (Wildman–Crippen LogP) is 0.695. The van der Waals surface area contributed by atoms with Gasteiger partial charge in [-0.05, 0) is 93.4 Å². The number of cyclic esters (lactones) is 1. The molecule has 44 heavy (non-hydrogen) atoms. The van der Waals surface area contributed by atoms with Crippen LogP contribution in [0.1, 0.15) is 81.1 Å². The van der Waals surface area contributed by atoms with Crippen LogP contribution in [0.3, 0.4) is 0 Å². The van der Waals surface area contributed by atoms with Gasteiger partial charge < -0.3 is 50.4 Å². The van der Waals surface area contributed by atoms with Crippen molar-refractivity contribution in [2.24, 2.45) is 23.5 Å². The van der Waals surface area contributed by atoms with Crippen LogP contribution in [0.4, 0.5) is 0 Å². The van der Waals surface area contributed by atoms with Crippen molar-refractivity contribution in [3.63, 3.8) is 0 Å². The number of nitrogens with zero attached hydrogens (tertiary/aromatic N) is 2. The molecule has 2 fully saturated rings. The first-order valence-corrected chi connectivity index (χ1v) is 16.4. The van der Waals surface area contributed by atoms with Crippen LogP contribution < -0.4 is 5.73 Å². The van der Waals surface area contributed by atoms with Crippen molar-refractivity contribution >= 4 is 5.97 Å². The smallest absolute Gasteiger partial charge is 0.311 e. The highest BCUT2D eigenvalue weighted by Gasteiger charge is 2.50. The first-order valence-electron chi connectivity index (χ1n) is 16.4. The van der Waals surface area contributed by atoms with E-state index in [4.69, 9.17) is 19.9 Å². The lowest BCUT2D eigenvalue weighted by molar-refractivity contribution is -0.299. The number of hydrogen-bond donors (Lipinski definition) is 6. The largest absolute Gasteiger partial charge is 0.459 e. The number of esters is 1. The van der Waals surface area contributed by atoms with Gasteiger partial charge in [-0.3, -0.25) is 9.69 Å². The summed E-state index contributed by atoms with van der Waals surface area (Å²) in [5.41, 5.74) is 2.52. The number of carbonyl (C=O) groups is 1. The molecule has 12 heteroatoms. The summed E-state index contributed by atoms with van der Waals surface area (Å²) < 4.78 is 18.2. The molecule has 2 heterocycles. The predicted molar refractivity (Wildman–Crippen MR) is 168 cm³/mol. The Bertz CT molecular complexity index is 891. The SMILES string of the molecule is CC[C@@H]1OC(=O)C(C)C(O)C(C)[C@H](O[C@@H]2OC(C)C[C@H](N(C)C)C2O)[C@@](C)(O)C[C@H](C)CN(CCCN)[C@H](C)C(O)C1(C)O. The van der Waals surface area contributed by atoms with E-state index in [1.165, 1.54) is 13.8 Å². The third-order valence-corrected chi connectivity index (χ3v) is 9.94. The van der Waals surface area contributed by atoms with E-state index >= 15 is 0 Å². The van der Waals surface area contributed by atoms with E-state index in [1.54, 1.807) is 20.8 Å². The summed E-state index contributed by atoms with van der Waals surface area (Å²) in [5.74, 6) is -2.73. The summed E-state index contributed by atoms with van der Waals surface area (Å²) in [5, 5.41) is 57.8. The van der Waals surface area contributed by atoms with Crippen LogP contribution >= 0.6 is 0 Å². The number of rotatable bonds is 7. The molecule has 0 aromatic rings. The minimum Gasteiger partial charge on any atom is -0.459 e. The average molecular weight is 634 g/mol. The van der Waals surface area contributed by atoms with E-state index in [0.29, 0.717) is 32.5 Å². The van der Waals surface area contributed by atoms with Crippen LogP contribution in [0.2, 0.25) is 0 Å². The monoisotopic (exact) mass is 633 g/mol. The number of aliphatic hydroxyl groups excluding tert-OH is 3. The molecule has 0 amide bonds. The zero-order chi connectivity index (χ0) is 33.7. The van der Waals surface area contributed by atoms with Gasteiger partial charge >= 0.3 is 5.97 Å². The van der Waals surface area contributed by atoms with E-state index in [2.05, 4.69) is 0 Å². The highest BCUT2D eigenvalue weighted by molar-refractivity contribution is 5.73. The van der Waals surface area contributed by atoms with E-state index in [0.717, 1.165) is 0 Å². The van der Waals surface area contributed by atoms with Crippen LogP contribution in [0, 0.1) is 17.8 Å². The Morgan fingerprint density at radius 1 is 1.07 bits per heavy atom. The van der Waals surface area contributed by atoms with Crippen molar-refractivity contribution in [2.45, 2.75) is 147 Å². The van der Waals surface area contributed by atoms with E-state index in [-0.39, 0.29) is 30.9 Å². The molecule has 0 aromatic heterocycles. The molecule has 260 valence electrons. The Labute approximate surface area is 264 Å². The van der Waals surface area contributed by atoms with Gasteiger partial charge in [0.25, 0.3) is 0 Å². The lowest BCUT2D eigenvalue weighted by Crippen LogP contribution is -2.59. The Morgan fingerprint density at radius 3 is 2.23 bits per heavy atom. The van der Waals surface area contributed by atoms with E-state index in [9.17, 15) is 30.3 Å². The molecular weight excluding hydrogens is 570 g/mol. The first kappa shape index (κ1) is 39.2. The van der Waals surface area contributed by atoms with Gasteiger partial charge in [0.15, 0.2) is 6.29 Å². The summed E-state index contributed by atoms with van der Waals surface area (Å²) >= 11 is 0. The van der Waals surface area contributed by atoms with E-state index < -0.39 is 71.9 Å². The second kappa shape index (κ2) is 16.3. The highest BCUT2D eigenvalue weighted by atomic mass is 16.7. The zero-order valence-electron chi connectivity index (χ0n) is 28.7. The first-order chi connectivity index (χ1) is 20.3. The van der Waals surface area contributed by atoms with Crippen LogP contribution in [-0.4, -0.2) is 141 Å². The van der Waals surface area contributed by atoms with Gasteiger partial charge in [0, 0.05) is 24.5 Å². The molecule has 2 saturated heterocycles. The van der Waals surface area contributed by atoms with E-state index in [1.807, 2.05) is 44.7 Å². The number of ether oxygens (including phenoxy) is 3. The van der Waals surface area contributed by atoms with Gasteiger partial charge in [-0.15, -0.1) is 0 Å². The molecule has 2 aliphatic rings. The molecule has 7 N–H and O–H groups in total. The van der Waals surface area contributed by atoms with Crippen molar-refractivity contribution in [3.05, 3.63) is 0 Å². The lowest BCUT2D eigenvalue weighted by atomic mass is 9.78. The molecule has 0 radical (unpaired) electrons. The van der Waals surface area contributed by atoms with Gasteiger partial charge in [-0.2, -0.15) is 0 Å². The molecule has 0 saturated carbocycles. The molecule has 0 spiro atoms. The van der Waals surface area contributed by atoms with Crippen molar-refractivity contribution in [3.8, 4) is 0 Å². The summed E-state index contributed by atoms with van der Waals surface area (Å²) in [4.78, 5) is 17.4. The quantitative estimate of drug-likeness (QED) is 0.217. The number of nitrogens with two attached hydrogens (primary N) is 1. The van der Waals surface area contributed by atoms with Crippen LogP contribution in [0.5, 0.6) is 0 Å². The molecule has 0 bridgehead atoms. The second-order valence-electron chi connectivity index (χ2n) is 14.3.